The largest absolute Gasteiger partial charge is 0.433 e. The SMILES string of the molecule is CN(c1ccc(C(CCc2ccc(C(F)(F)F)nc2Nc2ccc(Cl)cc2)C(N)=O)cc1F)[SH](=O)=O. The third kappa shape index (κ3) is 6.64. The van der Waals surface area contributed by atoms with Gasteiger partial charge in [0.25, 0.3) is 0 Å². The highest BCUT2D eigenvalue weighted by molar-refractivity contribution is 7.74. The van der Waals surface area contributed by atoms with E-state index in [0.717, 1.165) is 16.4 Å². The summed E-state index contributed by atoms with van der Waals surface area (Å²) in [6.07, 6.45) is -4.57. The number of primary amides is 1. The van der Waals surface area contributed by atoms with E-state index >= 15 is 0 Å². The van der Waals surface area contributed by atoms with Crippen LogP contribution in [0.2, 0.25) is 5.02 Å². The van der Waals surface area contributed by atoms with Gasteiger partial charge in [-0.1, -0.05) is 23.7 Å². The van der Waals surface area contributed by atoms with E-state index in [1.165, 1.54) is 25.2 Å². The minimum Gasteiger partial charge on any atom is -0.369 e. The number of carbonyl (C=O) groups excluding carboxylic acids is 1. The first kappa shape index (κ1) is 27.2. The van der Waals surface area contributed by atoms with Gasteiger partial charge in [-0.15, -0.1) is 0 Å². The van der Waals surface area contributed by atoms with E-state index in [1.54, 1.807) is 24.3 Å². The number of aryl methyl sites for hydroxylation is 1. The second-order valence-electron chi connectivity index (χ2n) is 7.80. The lowest BCUT2D eigenvalue weighted by molar-refractivity contribution is -0.141. The molecule has 3 aromatic rings. The number of anilines is 3. The average Bonchev–Trinajstić information content (AvgIpc) is 2.80. The second kappa shape index (κ2) is 11.1. The summed E-state index contributed by atoms with van der Waals surface area (Å²) < 4.78 is 77.3. The molecule has 1 atom stereocenters. The van der Waals surface area contributed by atoms with E-state index in [-0.39, 0.29) is 29.9 Å². The summed E-state index contributed by atoms with van der Waals surface area (Å²) in [6.45, 7) is 0. The number of thiol groups is 1. The molecule has 0 aliphatic carbocycles. The molecule has 0 saturated carbocycles. The highest BCUT2D eigenvalue weighted by atomic mass is 35.5. The number of amides is 1. The van der Waals surface area contributed by atoms with E-state index < -0.39 is 40.4 Å². The number of nitrogens with zero attached hydrogens (tertiary/aromatic N) is 2. The summed E-state index contributed by atoms with van der Waals surface area (Å²) in [5.74, 6) is -2.72. The highest BCUT2D eigenvalue weighted by Gasteiger charge is 2.33. The Kier molecular flexibility index (Phi) is 8.41. The number of benzene rings is 2. The van der Waals surface area contributed by atoms with Gasteiger partial charge in [-0.25, -0.2) is 17.8 Å². The Balaban J connectivity index is 1.90. The van der Waals surface area contributed by atoms with Crippen LogP contribution < -0.4 is 15.4 Å². The molecule has 13 heteroatoms. The minimum absolute atomic E-state index is 0.0299. The Hall–Kier alpha value is -3.38. The average molecular weight is 545 g/mol. The third-order valence-corrected chi connectivity index (χ3v) is 6.35. The van der Waals surface area contributed by atoms with Gasteiger partial charge in [-0.3, -0.25) is 9.10 Å². The molecule has 36 heavy (non-hydrogen) atoms. The lowest BCUT2D eigenvalue weighted by Crippen LogP contribution is -2.23. The fraction of sp³-hybridized carbons (Fsp3) is 0.217. The Labute approximate surface area is 211 Å². The normalized spacial score (nSPS) is 12.4. The molecule has 1 heterocycles. The number of halogens is 5. The topological polar surface area (TPSA) is 105 Å². The van der Waals surface area contributed by atoms with Crippen LogP contribution in [0.4, 0.5) is 34.8 Å². The zero-order valence-corrected chi connectivity index (χ0v) is 20.4. The number of hydrogen-bond donors (Lipinski definition) is 3. The van der Waals surface area contributed by atoms with Crippen molar-refractivity contribution in [2.24, 2.45) is 5.73 Å². The quantitative estimate of drug-likeness (QED) is 0.265. The Morgan fingerprint density at radius 2 is 1.81 bits per heavy atom. The number of hydrogen-bond acceptors (Lipinski definition) is 5. The maximum Gasteiger partial charge on any atom is 0.433 e. The molecule has 3 N–H and O–H groups in total. The van der Waals surface area contributed by atoms with Crippen molar-refractivity contribution in [2.75, 3.05) is 16.7 Å². The number of nitrogens with one attached hydrogen (secondary N) is 1. The maximum absolute atomic E-state index is 14.5. The molecule has 7 nitrogen and oxygen atoms in total. The van der Waals surface area contributed by atoms with Crippen molar-refractivity contribution < 1.29 is 30.8 Å². The van der Waals surface area contributed by atoms with Crippen LogP contribution in [0.3, 0.4) is 0 Å². The molecular weight excluding hydrogens is 524 g/mol. The van der Waals surface area contributed by atoms with Crippen LogP contribution in [0.5, 0.6) is 0 Å². The number of pyridine rings is 1. The molecule has 192 valence electrons. The highest BCUT2D eigenvalue weighted by Crippen LogP contribution is 2.33. The molecule has 1 amide bonds. The van der Waals surface area contributed by atoms with E-state index in [9.17, 15) is 30.8 Å². The smallest absolute Gasteiger partial charge is 0.369 e. The van der Waals surface area contributed by atoms with Crippen LogP contribution in [-0.4, -0.2) is 26.4 Å². The second-order valence-corrected chi connectivity index (χ2v) is 9.31. The summed E-state index contributed by atoms with van der Waals surface area (Å²) in [4.78, 5) is 15.9. The van der Waals surface area contributed by atoms with E-state index in [4.69, 9.17) is 17.3 Å². The van der Waals surface area contributed by atoms with Gasteiger partial charge in [-0.05, 0) is 66.4 Å². The predicted molar refractivity (Wildman–Crippen MR) is 129 cm³/mol. The monoisotopic (exact) mass is 544 g/mol. The summed E-state index contributed by atoms with van der Waals surface area (Å²) in [7, 11) is -1.90. The Bertz CT molecular complexity index is 1330. The number of carbonyl (C=O) groups is 1. The predicted octanol–water partition coefficient (Wildman–Crippen LogP) is 4.80. The first-order chi connectivity index (χ1) is 16.9. The summed E-state index contributed by atoms with van der Waals surface area (Å²) in [6, 6.07) is 11.9. The number of aromatic nitrogens is 1. The first-order valence-electron chi connectivity index (χ1n) is 10.4. The Morgan fingerprint density at radius 1 is 1.14 bits per heavy atom. The zero-order chi connectivity index (χ0) is 26.6. The van der Waals surface area contributed by atoms with Crippen molar-refractivity contribution >= 4 is 45.6 Å². The minimum atomic E-state index is -4.67. The van der Waals surface area contributed by atoms with Crippen molar-refractivity contribution in [1.82, 2.24) is 4.98 Å². The molecule has 0 bridgehead atoms. The molecule has 0 saturated heterocycles. The van der Waals surface area contributed by atoms with Crippen molar-refractivity contribution in [3.63, 3.8) is 0 Å². The van der Waals surface area contributed by atoms with Crippen LogP contribution >= 0.6 is 11.6 Å². The van der Waals surface area contributed by atoms with Gasteiger partial charge in [0.2, 0.25) is 16.8 Å². The van der Waals surface area contributed by atoms with Gasteiger partial charge in [0.1, 0.15) is 17.3 Å². The fourth-order valence-electron chi connectivity index (χ4n) is 3.49. The van der Waals surface area contributed by atoms with Gasteiger partial charge in [0.05, 0.1) is 11.6 Å². The molecule has 0 spiro atoms. The number of nitrogens with two attached hydrogens (primary N) is 1. The summed E-state index contributed by atoms with van der Waals surface area (Å²) in [5, 5.41) is 3.27. The van der Waals surface area contributed by atoms with Crippen LogP contribution in [0.1, 0.15) is 29.2 Å². The van der Waals surface area contributed by atoms with Crippen LogP contribution in [0, 0.1) is 5.82 Å². The summed E-state index contributed by atoms with van der Waals surface area (Å²) in [5.41, 5.74) is 5.22. The number of rotatable bonds is 9. The summed E-state index contributed by atoms with van der Waals surface area (Å²) >= 11 is 5.86. The van der Waals surface area contributed by atoms with E-state index in [1.807, 2.05) is 0 Å². The van der Waals surface area contributed by atoms with Gasteiger partial charge in [-0.2, -0.15) is 13.2 Å². The molecule has 0 aliphatic heterocycles. The van der Waals surface area contributed by atoms with Gasteiger partial charge in [0, 0.05) is 17.8 Å². The maximum atomic E-state index is 14.5. The molecule has 0 aliphatic rings. The fourth-order valence-corrected chi connectivity index (χ4v) is 3.95. The van der Waals surface area contributed by atoms with Gasteiger partial charge >= 0.3 is 6.18 Å². The molecule has 3 rings (SSSR count). The van der Waals surface area contributed by atoms with Gasteiger partial charge < -0.3 is 11.1 Å². The molecular formula is C23H21ClF4N4O3S. The number of alkyl halides is 3. The van der Waals surface area contributed by atoms with Crippen molar-refractivity contribution in [3.05, 3.63) is 82.3 Å². The molecule has 0 fully saturated rings. The molecule has 1 unspecified atom stereocenters. The van der Waals surface area contributed by atoms with Crippen molar-refractivity contribution in [3.8, 4) is 0 Å². The van der Waals surface area contributed by atoms with Gasteiger partial charge in [0.15, 0.2) is 0 Å². The third-order valence-electron chi connectivity index (χ3n) is 5.39. The molecule has 2 aromatic carbocycles. The molecule has 1 aromatic heterocycles. The lowest BCUT2D eigenvalue weighted by Gasteiger charge is -2.18. The van der Waals surface area contributed by atoms with Crippen LogP contribution in [-0.2, 0) is 28.3 Å². The van der Waals surface area contributed by atoms with E-state index in [0.29, 0.717) is 16.3 Å². The lowest BCUT2D eigenvalue weighted by atomic mass is 9.91. The Morgan fingerprint density at radius 3 is 2.36 bits per heavy atom. The van der Waals surface area contributed by atoms with Crippen molar-refractivity contribution in [1.29, 1.82) is 0 Å². The zero-order valence-electron chi connectivity index (χ0n) is 18.7. The van der Waals surface area contributed by atoms with Crippen LogP contribution in [0.25, 0.3) is 0 Å². The first-order valence-corrected chi connectivity index (χ1v) is 11.9. The molecule has 0 radical (unpaired) electrons. The van der Waals surface area contributed by atoms with E-state index in [2.05, 4.69) is 10.3 Å². The van der Waals surface area contributed by atoms with Crippen LogP contribution in [0.15, 0.2) is 54.6 Å². The standard InChI is InChI=1S/C23H21ClF4N4O3S/c1-32(36(34)35)19-10-3-14(12-18(19)25)17(21(29)33)9-2-13-4-11-20(23(26,27)28)31-22(13)30-16-7-5-15(24)6-8-16/h3-8,10-12,17,36H,2,9H2,1H3,(H2,29,33)(H,30,31). The van der Waals surface area contributed by atoms with Crippen molar-refractivity contribution in [2.45, 2.75) is 24.9 Å².